The van der Waals surface area contributed by atoms with Crippen LogP contribution in [-0.4, -0.2) is 77.2 Å². The zero-order valence-electron chi connectivity index (χ0n) is 14.4. The second-order valence-electron chi connectivity index (χ2n) is 5.93. The van der Waals surface area contributed by atoms with E-state index in [2.05, 4.69) is 9.89 Å². The molecular formula is C16H25ClN4O3S. The van der Waals surface area contributed by atoms with Crippen molar-refractivity contribution in [2.75, 3.05) is 62.8 Å². The third-order valence-electron chi connectivity index (χ3n) is 3.90. The van der Waals surface area contributed by atoms with Gasteiger partial charge in [0, 0.05) is 43.1 Å². The van der Waals surface area contributed by atoms with E-state index in [4.69, 9.17) is 22.1 Å². The van der Waals surface area contributed by atoms with Gasteiger partial charge in [-0.3, -0.25) is 4.99 Å². The number of nitrogens with two attached hydrogens (primary N) is 1. The highest BCUT2D eigenvalue weighted by atomic mass is 35.5. The highest BCUT2D eigenvalue weighted by molar-refractivity contribution is 7.90. The van der Waals surface area contributed by atoms with E-state index in [1.807, 2.05) is 29.2 Å². The number of anilines is 1. The first-order valence-corrected chi connectivity index (χ1v) is 10.6. The highest BCUT2D eigenvalue weighted by Gasteiger charge is 2.18. The minimum atomic E-state index is -2.98. The van der Waals surface area contributed by atoms with Gasteiger partial charge in [-0.15, -0.1) is 0 Å². The Balaban J connectivity index is 1.69. The van der Waals surface area contributed by atoms with Gasteiger partial charge in [-0.1, -0.05) is 11.6 Å². The lowest BCUT2D eigenvalue weighted by molar-refractivity contribution is 0.157. The highest BCUT2D eigenvalue weighted by Crippen LogP contribution is 2.19. The SMILES string of the molecule is CS(=O)(=O)CCOCCN=C(N)N1CCN(c2ccc(Cl)cc2)CC1. The number of nitrogens with zero attached hydrogens (tertiary/aromatic N) is 3. The van der Waals surface area contributed by atoms with Crippen molar-refractivity contribution in [2.45, 2.75) is 0 Å². The van der Waals surface area contributed by atoms with Crippen LogP contribution >= 0.6 is 11.6 Å². The third-order valence-corrected chi connectivity index (χ3v) is 5.06. The predicted octanol–water partition coefficient (Wildman–Crippen LogP) is 0.838. The van der Waals surface area contributed by atoms with Crippen LogP contribution in [0.15, 0.2) is 29.3 Å². The maximum absolute atomic E-state index is 11.0. The molecule has 0 radical (unpaired) electrons. The van der Waals surface area contributed by atoms with Gasteiger partial charge in [-0.2, -0.15) is 0 Å². The molecule has 0 amide bonds. The standard InChI is InChI=1S/C16H25ClN4O3S/c1-25(22,23)13-12-24-11-6-19-16(18)21-9-7-20(8-10-21)15-4-2-14(17)3-5-15/h2-5H,6-13H2,1H3,(H2,18,19). The number of hydrogen-bond donors (Lipinski definition) is 1. The Morgan fingerprint density at radius 2 is 1.84 bits per heavy atom. The minimum Gasteiger partial charge on any atom is -0.378 e. The summed E-state index contributed by atoms with van der Waals surface area (Å²) in [5, 5.41) is 0.734. The zero-order chi connectivity index (χ0) is 18.3. The molecule has 1 heterocycles. The average molecular weight is 389 g/mol. The lowest BCUT2D eigenvalue weighted by Crippen LogP contribution is -2.51. The van der Waals surface area contributed by atoms with Crippen molar-refractivity contribution in [2.24, 2.45) is 10.7 Å². The zero-order valence-corrected chi connectivity index (χ0v) is 16.0. The molecule has 0 aromatic heterocycles. The quantitative estimate of drug-likeness (QED) is 0.423. The number of benzene rings is 1. The molecule has 2 rings (SSSR count). The molecule has 0 saturated carbocycles. The van der Waals surface area contributed by atoms with Crippen molar-refractivity contribution in [1.29, 1.82) is 0 Å². The summed E-state index contributed by atoms with van der Waals surface area (Å²) in [7, 11) is -2.98. The Bertz CT molecular complexity index is 671. The Morgan fingerprint density at radius 1 is 1.20 bits per heavy atom. The number of ether oxygens (including phenoxy) is 1. The summed E-state index contributed by atoms with van der Waals surface area (Å²) in [5.41, 5.74) is 7.18. The largest absolute Gasteiger partial charge is 0.378 e. The Kier molecular flexibility index (Phi) is 7.34. The van der Waals surface area contributed by atoms with E-state index in [9.17, 15) is 8.42 Å². The van der Waals surface area contributed by atoms with E-state index in [0.29, 0.717) is 19.1 Å². The molecule has 1 aliphatic rings. The van der Waals surface area contributed by atoms with Crippen LogP contribution in [0.3, 0.4) is 0 Å². The fourth-order valence-electron chi connectivity index (χ4n) is 2.48. The molecule has 7 nitrogen and oxygen atoms in total. The summed E-state index contributed by atoms with van der Waals surface area (Å²) in [6.07, 6.45) is 1.19. The van der Waals surface area contributed by atoms with Gasteiger partial charge in [-0.05, 0) is 24.3 Å². The minimum absolute atomic E-state index is 0.0266. The fraction of sp³-hybridized carbons (Fsp3) is 0.562. The van der Waals surface area contributed by atoms with Crippen LogP contribution in [0.5, 0.6) is 0 Å². The number of sulfone groups is 1. The van der Waals surface area contributed by atoms with E-state index in [1.54, 1.807) is 0 Å². The fourth-order valence-corrected chi connectivity index (χ4v) is 3.03. The Hall–Kier alpha value is -1.51. The number of hydrogen-bond acceptors (Lipinski definition) is 5. The molecule has 0 bridgehead atoms. The van der Waals surface area contributed by atoms with Gasteiger partial charge in [0.1, 0.15) is 9.84 Å². The molecule has 0 unspecified atom stereocenters. The number of aliphatic imine (C=N–C) groups is 1. The second-order valence-corrected chi connectivity index (χ2v) is 8.63. The predicted molar refractivity (Wildman–Crippen MR) is 102 cm³/mol. The maximum atomic E-state index is 11.0. The molecular weight excluding hydrogens is 364 g/mol. The van der Waals surface area contributed by atoms with Gasteiger partial charge in [0.05, 0.1) is 25.5 Å². The molecule has 25 heavy (non-hydrogen) atoms. The monoisotopic (exact) mass is 388 g/mol. The van der Waals surface area contributed by atoms with E-state index < -0.39 is 9.84 Å². The number of guanidine groups is 1. The molecule has 1 fully saturated rings. The van der Waals surface area contributed by atoms with Gasteiger partial charge in [-0.25, -0.2) is 8.42 Å². The first-order chi connectivity index (χ1) is 11.8. The second kappa shape index (κ2) is 9.26. The summed E-state index contributed by atoms with van der Waals surface area (Å²) >= 11 is 5.92. The maximum Gasteiger partial charge on any atom is 0.191 e. The van der Waals surface area contributed by atoms with E-state index in [0.717, 1.165) is 36.9 Å². The van der Waals surface area contributed by atoms with Gasteiger partial charge in [0.2, 0.25) is 0 Å². The summed E-state index contributed by atoms with van der Waals surface area (Å²) in [5.74, 6) is 0.529. The van der Waals surface area contributed by atoms with Crippen LogP contribution in [-0.2, 0) is 14.6 Å². The number of halogens is 1. The average Bonchev–Trinajstić information content (AvgIpc) is 2.58. The lowest BCUT2D eigenvalue weighted by Gasteiger charge is -2.36. The molecule has 9 heteroatoms. The summed E-state index contributed by atoms with van der Waals surface area (Å²) < 4.78 is 27.2. The summed E-state index contributed by atoms with van der Waals surface area (Å²) in [6.45, 7) is 4.30. The van der Waals surface area contributed by atoms with Gasteiger partial charge >= 0.3 is 0 Å². The van der Waals surface area contributed by atoms with Crippen LogP contribution in [0.25, 0.3) is 0 Å². The van der Waals surface area contributed by atoms with Crippen molar-refractivity contribution in [1.82, 2.24) is 4.90 Å². The van der Waals surface area contributed by atoms with Crippen LogP contribution in [0.1, 0.15) is 0 Å². The van der Waals surface area contributed by atoms with Crippen LogP contribution < -0.4 is 10.6 Å². The van der Waals surface area contributed by atoms with Gasteiger partial charge in [0.25, 0.3) is 0 Å². The molecule has 1 aromatic rings. The van der Waals surface area contributed by atoms with Gasteiger partial charge < -0.3 is 20.3 Å². The molecule has 1 aliphatic heterocycles. The number of piperazine rings is 1. The summed E-state index contributed by atoms with van der Waals surface area (Å²) in [6, 6.07) is 7.82. The van der Waals surface area contributed by atoms with E-state index in [1.165, 1.54) is 6.26 Å². The van der Waals surface area contributed by atoms with Crippen molar-refractivity contribution >= 4 is 33.1 Å². The van der Waals surface area contributed by atoms with Crippen molar-refractivity contribution < 1.29 is 13.2 Å². The Labute approximate surface area is 154 Å². The van der Waals surface area contributed by atoms with Gasteiger partial charge in [0.15, 0.2) is 5.96 Å². The van der Waals surface area contributed by atoms with E-state index in [-0.39, 0.29) is 12.4 Å². The Morgan fingerprint density at radius 3 is 2.44 bits per heavy atom. The van der Waals surface area contributed by atoms with Crippen molar-refractivity contribution in [3.63, 3.8) is 0 Å². The first-order valence-electron chi connectivity index (χ1n) is 8.16. The molecule has 140 valence electrons. The van der Waals surface area contributed by atoms with Crippen LogP contribution in [0, 0.1) is 0 Å². The normalized spacial score (nSPS) is 16.3. The van der Waals surface area contributed by atoms with Crippen LogP contribution in [0.2, 0.25) is 5.02 Å². The summed E-state index contributed by atoms with van der Waals surface area (Å²) in [4.78, 5) is 8.63. The smallest absolute Gasteiger partial charge is 0.191 e. The first kappa shape index (κ1) is 19.8. The third kappa shape index (κ3) is 7.09. The van der Waals surface area contributed by atoms with Crippen molar-refractivity contribution in [3.8, 4) is 0 Å². The van der Waals surface area contributed by atoms with Crippen LogP contribution in [0.4, 0.5) is 5.69 Å². The molecule has 0 atom stereocenters. The molecule has 0 spiro atoms. The van der Waals surface area contributed by atoms with Crippen molar-refractivity contribution in [3.05, 3.63) is 29.3 Å². The molecule has 0 aliphatic carbocycles. The topological polar surface area (TPSA) is 88.2 Å². The molecule has 1 saturated heterocycles. The number of rotatable bonds is 7. The molecule has 1 aromatic carbocycles. The lowest BCUT2D eigenvalue weighted by atomic mass is 10.2. The van der Waals surface area contributed by atoms with E-state index >= 15 is 0 Å². The molecule has 2 N–H and O–H groups in total.